The number of thioether (sulfide) groups is 1. The summed E-state index contributed by atoms with van der Waals surface area (Å²) in [6, 6.07) is 5.27. The third kappa shape index (κ3) is 2.98. The molecule has 3 rings (SSSR count). The molecule has 2 heterocycles. The van der Waals surface area contributed by atoms with Gasteiger partial charge in [-0.05, 0) is 36.9 Å². The first-order valence-electron chi connectivity index (χ1n) is 7.36. The number of likely N-dealkylation sites (N-methyl/N-ethyl adjacent to an activating group) is 1. The fourth-order valence-corrected chi connectivity index (χ4v) is 3.92. The maximum Gasteiger partial charge on any atom is 0.326 e. The molecular formula is C16H13BrN2O5S. The van der Waals surface area contributed by atoms with Crippen molar-refractivity contribution >= 4 is 62.0 Å². The van der Waals surface area contributed by atoms with Crippen molar-refractivity contribution in [3.8, 4) is 0 Å². The SMILES string of the molecule is CCOC(=O)CN1C(=O)SC(=C2C(=O)N(C)c3ccc(Br)cc32)C1=O. The van der Waals surface area contributed by atoms with Gasteiger partial charge in [0.05, 0.1) is 22.8 Å². The van der Waals surface area contributed by atoms with E-state index in [-0.39, 0.29) is 23.0 Å². The maximum absolute atomic E-state index is 12.6. The Bertz CT molecular complexity index is 851. The second kappa shape index (κ2) is 6.64. The predicted molar refractivity (Wildman–Crippen MR) is 95.8 cm³/mol. The molecule has 130 valence electrons. The van der Waals surface area contributed by atoms with Crippen molar-refractivity contribution < 1.29 is 23.9 Å². The molecule has 2 aliphatic heterocycles. The number of halogens is 1. The zero-order valence-corrected chi connectivity index (χ0v) is 15.8. The Morgan fingerprint density at radius 2 is 1.96 bits per heavy atom. The molecule has 25 heavy (non-hydrogen) atoms. The molecule has 9 heteroatoms. The van der Waals surface area contributed by atoms with Crippen LogP contribution in [0.3, 0.4) is 0 Å². The summed E-state index contributed by atoms with van der Waals surface area (Å²) in [6.07, 6.45) is 0. The average Bonchev–Trinajstić information content (AvgIpc) is 2.96. The smallest absolute Gasteiger partial charge is 0.326 e. The number of amides is 3. The largest absolute Gasteiger partial charge is 0.465 e. The molecule has 1 saturated heterocycles. The molecule has 0 bridgehead atoms. The third-order valence-corrected chi connectivity index (χ3v) is 5.25. The van der Waals surface area contributed by atoms with E-state index in [2.05, 4.69) is 15.9 Å². The van der Waals surface area contributed by atoms with Gasteiger partial charge in [-0.3, -0.25) is 24.1 Å². The number of carbonyl (C=O) groups excluding carboxylic acids is 4. The summed E-state index contributed by atoms with van der Waals surface area (Å²) in [5.74, 6) is -1.70. The van der Waals surface area contributed by atoms with Crippen LogP contribution in [-0.4, -0.2) is 48.1 Å². The summed E-state index contributed by atoms with van der Waals surface area (Å²) in [4.78, 5) is 51.2. The van der Waals surface area contributed by atoms with Crippen LogP contribution in [0.15, 0.2) is 27.6 Å². The molecule has 3 amide bonds. The Balaban J connectivity index is 2.03. The number of carbonyl (C=O) groups is 4. The number of ether oxygens (including phenoxy) is 1. The van der Waals surface area contributed by atoms with Gasteiger partial charge < -0.3 is 9.64 Å². The van der Waals surface area contributed by atoms with Gasteiger partial charge in [0, 0.05) is 17.1 Å². The summed E-state index contributed by atoms with van der Waals surface area (Å²) < 4.78 is 5.53. The maximum atomic E-state index is 12.6. The first-order valence-corrected chi connectivity index (χ1v) is 8.97. The molecule has 7 nitrogen and oxygen atoms in total. The van der Waals surface area contributed by atoms with Gasteiger partial charge in [0.2, 0.25) is 0 Å². The second-order valence-corrected chi connectivity index (χ2v) is 7.17. The lowest BCUT2D eigenvalue weighted by Crippen LogP contribution is -2.34. The molecule has 0 aliphatic carbocycles. The van der Waals surface area contributed by atoms with Gasteiger partial charge >= 0.3 is 5.97 Å². The van der Waals surface area contributed by atoms with Crippen LogP contribution < -0.4 is 4.90 Å². The van der Waals surface area contributed by atoms with E-state index in [9.17, 15) is 19.2 Å². The minimum Gasteiger partial charge on any atom is -0.465 e. The Kier molecular flexibility index (Phi) is 4.70. The van der Waals surface area contributed by atoms with Gasteiger partial charge in [-0.2, -0.15) is 0 Å². The highest BCUT2D eigenvalue weighted by Gasteiger charge is 2.43. The van der Waals surface area contributed by atoms with Crippen molar-refractivity contribution in [3.05, 3.63) is 33.1 Å². The number of fused-ring (bicyclic) bond motifs is 1. The van der Waals surface area contributed by atoms with E-state index < -0.39 is 23.7 Å². The number of anilines is 1. The molecule has 0 radical (unpaired) electrons. The van der Waals surface area contributed by atoms with Crippen molar-refractivity contribution in [3.63, 3.8) is 0 Å². The van der Waals surface area contributed by atoms with Crippen LogP contribution in [0.5, 0.6) is 0 Å². The average molecular weight is 425 g/mol. The van der Waals surface area contributed by atoms with Crippen LogP contribution in [0, 0.1) is 0 Å². The number of rotatable bonds is 3. The Hall–Kier alpha value is -2.13. The monoisotopic (exact) mass is 424 g/mol. The first kappa shape index (κ1) is 17.7. The second-order valence-electron chi connectivity index (χ2n) is 5.29. The van der Waals surface area contributed by atoms with E-state index in [1.165, 1.54) is 4.90 Å². The van der Waals surface area contributed by atoms with Crippen molar-refractivity contribution in [1.82, 2.24) is 4.90 Å². The molecule has 1 aromatic carbocycles. The zero-order valence-electron chi connectivity index (χ0n) is 13.4. The molecular weight excluding hydrogens is 412 g/mol. The van der Waals surface area contributed by atoms with E-state index in [0.29, 0.717) is 23.0 Å². The van der Waals surface area contributed by atoms with Gasteiger partial charge in [0.25, 0.3) is 17.1 Å². The number of esters is 1. The summed E-state index contributed by atoms with van der Waals surface area (Å²) >= 11 is 4.01. The molecule has 1 fully saturated rings. The quantitative estimate of drug-likeness (QED) is 0.547. The number of nitrogens with zero attached hydrogens (tertiary/aromatic N) is 2. The molecule has 0 spiro atoms. The van der Waals surface area contributed by atoms with Crippen LogP contribution in [0.25, 0.3) is 5.57 Å². The summed E-state index contributed by atoms with van der Waals surface area (Å²) in [5, 5.41) is -0.598. The highest BCUT2D eigenvalue weighted by Crippen LogP contribution is 2.44. The van der Waals surface area contributed by atoms with Gasteiger partial charge in [-0.15, -0.1) is 0 Å². The van der Waals surface area contributed by atoms with E-state index in [0.717, 1.165) is 9.37 Å². The standard InChI is InChI=1S/C16H13BrN2O5S/c1-3-24-11(20)7-19-15(22)13(25-16(19)23)12-9-6-8(17)4-5-10(9)18(2)14(12)21/h4-6H,3,7H2,1-2H3. The van der Waals surface area contributed by atoms with Gasteiger partial charge in [0.1, 0.15) is 6.54 Å². The predicted octanol–water partition coefficient (Wildman–Crippen LogP) is 2.40. The minimum absolute atomic E-state index is 0.0306. The fraction of sp³-hybridized carbons (Fsp3) is 0.250. The summed E-state index contributed by atoms with van der Waals surface area (Å²) in [7, 11) is 1.60. The molecule has 2 aliphatic rings. The van der Waals surface area contributed by atoms with E-state index >= 15 is 0 Å². The lowest BCUT2D eigenvalue weighted by atomic mass is 10.1. The molecule has 0 unspecified atom stereocenters. The normalized spacial score (nSPS) is 19.7. The topological polar surface area (TPSA) is 84.0 Å². The van der Waals surface area contributed by atoms with Crippen LogP contribution in [0.1, 0.15) is 12.5 Å². The van der Waals surface area contributed by atoms with Crippen molar-refractivity contribution in [1.29, 1.82) is 0 Å². The van der Waals surface area contributed by atoms with Crippen molar-refractivity contribution in [2.75, 3.05) is 25.1 Å². The molecule has 1 aromatic rings. The molecule has 0 atom stereocenters. The zero-order chi connectivity index (χ0) is 18.3. The van der Waals surface area contributed by atoms with Crippen molar-refractivity contribution in [2.24, 2.45) is 0 Å². The van der Waals surface area contributed by atoms with Gasteiger partial charge in [-0.1, -0.05) is 15.9 Å². The van der Waals surface area contributed by atoms with Crippen molar-refractivity contribution in [2.45, 2.75) is 6.92 Å². The van der Waals surface area contributed by atoms with Crippen LogP contribution in [0.4, 0.5) is 10.5 Å². The van der Waals surface area contributed by atoms with Gasteiger partial charge in [-0.25, -0.2) is 0 Å². The number of benzene rings is 1. The Labute approximate surface area is 156 Å². The minimum atomic E-state index is -0.672. The molecule has 0 aromatic heterocycles. The first-order chi connectivity index (χ1) is 11.8. The lowest BCUT2D eigenvalue weighted by molar-refractivity contribution is -0.145. The van der Waals surface area contributed by atoms with Crippen LogP contribution in [-0.2, 0) is 19.1 Å². The summed E-state index contributed by atoms with van der Waals surface area (Å²) in [5.41, 5.74) is 1.40. The molecule has 0 saturated carbocycles. The highest BCUT2D eigenvalue weighted by atomic mass is 79.9. The number of hydrogen-bond acceptors (Lipinski definition) is 6. The van der Waals surface area contributed by atoms with E-state index in [1.807, 2.05) is 0 Å². The van der Waals surface area contributed by atoms with Gasteiger partial charge in [0.15, 0.2) is 0 Å². The summed E-state index contributed by atoms with van der Waals surface area (Å²) in [6.45, 7) is 1.32. The third-order valence-electron chi connectivity index (χ3n) is 3.78. The highest BCUT2D eigenvalue weighted by molar-refractivity contribution is 9.10. The Morgan fingerprint density at radius 3 is 2.64 bits per heavy atom. The Morgan fingerprint density at radius 1 is 1.24 bits per heavy atom. The van der Waals surface area contributed by atoms with Crippen LogP contribution in [0.2, 0.25) is 0 Å². The van der Waals surface area contributed by atoms with E-state index in [1.54, 1.807) is 32.2 Å². The number of imide groups is 1. The number of hydrogen-bond donors (Lipinski definition) is 0. The van der Waals surface area contributed by atoms with E-state index in [4.69, 9.17) is 4.74 Å². The fourth-order valence-electron chi connectivity index (χ4n) is 2.63. The molecule has 0 N–H and O–H groups in total. The van der Waals surface area contributed by atoms with Crippen LogP contribution >= 0.6 is 27.7 Å². The lowest BCUT2D eigenvalue weighted by Gasteiger charge is -2.11.